The summed E-state index contributed by atoms with van der Waals surface area (Å²) in [7, 11) is 0. The van der Waals surface area contributed by atoms with Gasteiger partial charge in [0.15, 0.2) is 5.13 Å². The first kappa shape index (κ1) is 21.5. The third-order valence-electron chi connectivity index (χ3n) is 6.61. The van der Waals surface area contributed by atoms with Crippen LogP contribution in [0, 0.1) is 5.92 Å². The predicted molar refractivity (Wildman–Crippen MR) is 131 cm³/mol. The van der Waals surface area contributed by atoms with Crippen molar-refractivity contribution < 1.29 is 14.3 Å². The molecule has 4 heterocycles. The number of thiazole rings is 1. The minimum Gasteiger partial charge on any atom is -0.472 e. The molecule has 1 N–H and O–H groups in total. The van der Waals surface area contributed by atoms with E-state index >= 15 is 0 Å². The molecule has 1 amide bonds. The van der Waals surface area contributed by atoms with Gasteiger partial charge in [-0.05, 0) is 56.7 Å². The van der Waals surface area contributed by atoms with Gasteiger partial charge in [-0.3, -0.25) is 5.10 Å². The smallest absolute Gasteiger partial charge is 0.410 e. The molecule has 0 radical (unpaired) electrons. The average Bonchev–Trinajstić information content (AvgIpc) is 3.32. The Morgan fingerprint density at radius 2 is 2.09 bits per heavy atom. The molecule has 1 unspecified atom stereocenters. The molecule has 2 fully saturated rings. The molecular formula is C25H29N5O3S. The van der Waals surface area contributed by atoms with Crippen molar-refractivity contribution >= 4 is 22.6 Å². The summed E-state index contributed by atoms with van der Waals surface area (Å²) in [5, 5.41) is 7.89. The highest BCUT2D eigenvalue weighted by molar-refractivity contribution is 7.19. The lowest BCUT2D eigenvalue weighted by atomic mass is 9.99. The fourth-order valence-electron chi connectivity index (χ4n) is 4.78. The SMILES string of the molecule is CC(C)(C)OC(=O)N1CCN(c2nc3c(s2)-c2ccc(-c4cn[nH]c4)cc2CO3)CC1C1CC1. The van der Waals surface area contributed by atoms with E-state index in [-0.39, 0.29) is 12.1 Å². The summed E-state index contributed by atoms with van der Waals surface area (Å²) >= 11 is 1.68. The van der Waals surface area contributed by atoms with Gasteiger partial charge in [0.1, 0.15) is 17.1 Å². The lowest BCUT2D eigenvalue weighted by Gasteiger charge is -2.41. The Morgan fingerprint density at radius 3 is 2.82 bits per heavy atom. The fourth-order valence-corrected chi connectivity index (χ4v) is 5.89. The molecule has 3 aliphatic rings. The Balaban J connectivity index is 1.23. The van der Waals surface area contributed by atoms with E-state index in [1.54, 1.807) is 11.3 Å². The molecular weight excluding hydrogens is 450 g/mol. The van der Waals surface area contributed by atoms with Crippen molar-refractivity contribution in [3.05, 3.63) is 36.2 Å². The number of carbonyl (C=O) groups is 1. The van der Waals surface area contributed by atoms with Gasteiger partial charge in [-0.1, -0.05) is 23.5 Å². The predicted octanol–water partition coefficient (Wildman–Crippen LogP) is 4.93. The van der Waals surface area contributed by atoms with Crippen molar-refractivity contribution in [1.29, 1.82) is 0 Å². The van der Waals surface area contributed by atoms with Crippen molar-refractivity contribution in [1.82, 2.24) is 20.1 Å². The van der Waals surface area contributed by atoms with Crippen LogP contribution in [0.25, 0.3) is 21.6 Å². The molecule has 178 valence electrons. The van der Waals surface area contributed by atoms with Gasteiger partial charge in [0.25, 0.3) is 0 Å². The molecule has 2 aromatic heterocycles. The molecule has 1 saturated carbocycles. The van der Waals surface area contributed by atoms with Gasteiger partial charge in [0.05, 0.1) is 12.2 Å². The van der Waals surface area contributed by atoms with E-state index in [0.29, 0.717) is 24.9 Å². The van der Waals surface area contributed by atoms with Crippen LogP contribution in [0.3, 0.4) is 0 Å². The van der Waals surface area contributed by atoms with Gasteiger partial charge >= 0.3 is 6.09 Å². The van der Waals surface area contributed by atoms with Crippen LogP contribution in [0.4, 0.5) is 9.93 Å². The molecule has 0 bridgehead atoms. The highest BCUT2D eigenvalue weighted by Crippen LogP contribution is 2.46. The fraction of sp³-hybridized carbons (Fsp3) is 0.480. The summed E-state index contributed by atoms with van der Waals surface area (Å²) in [5.41, 5.74) is 4.04. The maximum atomic E-state index is 12.9. The molecule has 34 heavy (non-hydrogen) atoms. The van der Waals surface area contributed by atoms with Gasteiger partial charge in [-0.2, -0.15) is 10.1 Å². The summed E-state index contributed by atoms with van der Waals surface area (Å²) in [6.07, 6.45) is 5.86. The number of ether oxygens (including phenoxy) is 2. The highest BCUT2D eigenvalue weighted by atomic mass is 32.1. The number of aromatic amines is 1. The monoisotopic (exact) mass is 479 g/mol. The molecule has 6 rings (SSSR count). The second-order valence-electron chi connectivity index (χ2n) is 10.3. The Labute approximate surface area is 202 Å². The van der Waals surface area contributed by atoms with Crippen molar-refractivity contribution in [3.8, 4) is 27.4 Å². The summed E-state index contributed by atoms with van der Waals surface area (Å²) in [6, 6.07) is 6.62. The maximum Gasteiger partial charge on any atom is 0.410 e. The lowest BCUT2D eigenvalue weighted by Crippen LogP contribution is -2.57. The zero-order valence-electron chi connectivity index (χ0n) is 19.7. The maximum absolute atomic E-state index is 12.9. The minimum atomic E-state index is -0.487. The van der Waals surface area contributed by atoms with E-state index in [1.165, 1.54) is 18.4 Å². The molecule has 1 saturated heterocycles. The largest absolute Gasteiger partial charge is 0.472 e. The normalized spacial score (nSPS) is 19.9. The van der Waals surface area contributed by atoms with Crippen molar-refractivity contribution in [3.63, 3.8) is 0 Å². The number of piperazine rings is 1. The topological polar surface area (TPSA) is 83.6 Å². The van der Waals surface area contributed by atoms with Gasteiger partial charge in [0, 0.05) is 37.0 Å². The van der Waals surface area contributed by atoms with Crippen LogP contribution in [0.2, 0.25) is 0 Å². The number of rotatable bonds is 3. The molecule has 3 aromatic rings. The van der Waals surface area contributed by atoms with Crippen LogP contribution < -0.4 is 9.64 Å². The third-order valence-corrected chi connectivity index (χ3v) is 7.74. The summed E-state index contributed by atoms with van der Waals surface area (Å²) in [6.45, 7) is 8.43. The molecule has 0 spiro atoms. The first-order valence-corrected chi connectivity index (χ1v) is 12.7. The van der Waals surface area contributed by atoms with E-state index < -0.39 is 5.60 Å². The van der Waals surface area contributed by atoms with E-state index in [4.69, 9.17) is 14.5 Å². The molecule has 1 aromatic carbocycles. The quantitative estimate of drug-likeness (QED) is 0.574. The summed E-state index contributed by atoms with van der Waals surface area (Å²) in [4.78, 5) is 23.0. The summed E-state index contributed by atoms with van der Waals surface area (Å²) < 4.78 is 11.8. The second-order valence-corrected chi connectivity index (χ2v) is 11.3. The number of fused-ring (bicyclic) bond motifs is 3. The number of hydrogen-bond donors (Lipinski definition) is 1. The van der Waals surface area contributed by atoms with Crippen LogP contribution in [0.5, 0.6) is 5.88 Å². The summed E-state index contributed by atoms with van der Waals surface area (Å²) in [5.74, 6) is 1.25. The standard InChI is InChI=1S/C25H29N5O3S/c1-25(2,3)33-24(31)30-9-8-29(13-20(30)15-4-5-15)23-28-22-21(34-23)19-7-6-16(10-17(19)14-32-22)18-11-26-27-12-18/h6-7,10-12,15,20H,4-5,8-9,13-14H2,1-3H3,(H,26,27). The van der Waals surface area contributed by atoms with E-state index in [2.05, 4.69) is 33.3 Å². The van der Waals surface area contributed by atoms with Gasteiger partial charge in [0.2, 0.25) is 5.88 Å². The van der Waals surface area contributed by atoms with Gasteiger partial charge < -0.3 is 19.3 Å². The molecule has 1 atom stereocenters. The first-order chi connectivity index (χ1) is 16.4. The zero-order chi connectivity index (χ0) is 23.4. The minimum absolute atomic E-state index is 0.162. The zero-order valence-corrected chi connectivity index (χ0v) is 20.5. The molecule has 2 aliphatic heterocycles. The van der Waals surface area contributed by atoms with Crippen LogP contribution in [-0.2, 0) is 11.3 Å². The molecule has 8 nitrogen and oxygen atoms in total. The number of hydrogen-bond acceptors (Lipinski definition) is 7. The average molecular weight is 480 g/mol. The highest BCUT2D eigenvalue weighted by Gasteiger charge is 2.43. The molecule has 9 heteroatoms. The van der Waals surface area contributed by atoms with E-state index in [1.807, 2.05) is 38.1 Å². The number of aromatic nitrogens is 3. The van der Waals surface area contributed by atoms with Crippen LogP contribution in [0.1, 0.15) is 39.2 Å². The number of anilines is 1. The number of nitrogens with zero attached hydrogens (tertiary/aromatic N) is 4. The Kier molecular flexibility index (Phi) is 5.05. The number of nitrogens with one attached hydrogen (secondary N) is 1. The Hall–Kier alpha value is -3.07. The third kappa shape index (κ3) is 4.02. The number of H-pyrrole nitrogens is 1. The second kappa shape index (κ2) is 8.01. The van der Waals surface area contributed by atoms with E-state index in [0.717, 1.165) is 39.8 Å². The number of carbonyl (C=O) groups excluding carboxylic acids is 1. The lowest BCUT2D eigenvalue weighted by molar-refractivity contribution is 0.0116. The molecule has 1 aliphatic carbocycles. The van der Waals surface area contributed by atoms with Gasteiger partial charge in [-0.25, -0.2) is 4.79 Å². The Morgan fingerprint density at radius 1 is 1.24 bits per heavy atom. The van der Waals surface area contributed by atoms with Crippen molar-refractivity contribution in [2.45, 2.75) is 51.9 Å². The first-order valence-electron chi connectivity index (χ1n) is 11.9. The van der Waals surface area contributed by atoms with Crippen LogP contribution >= 0.6 is 11.3 Å². The van der Waals surface area contributed by atoms with Crippen LogP contribution in [-0.4, -0.2) is 57.5 Å². The van der Waals surface area contributed by atoms with Crippen LogP contribution in [0.15, 0.2) is 30.6 Å². The van der Waals surface area contributed by atoms with Crippen molar-refractivity contribution in [2.75, 3.05) is 24.5 Å². The number of benzene rings is 1. The van der Waals surface area contributed by atoms with E-state index in [9.17, 15) is 4.79 Å². The number of amides is 1. The Bertz CT molecular complexity index is 1210. The van der Waals surface area contributed by atoms with Gasteiger partial charge in [-0.15, -0.1) is 0 Å². The van der Waals surface area contributed by atoms with Crippen molar-refractivity contribution in [2.24, 2.45) is 5.92 Å².